The van der Waals surface area contributed by atoms with Crippen molar-refractivity contribution in [3.05, 3.63) is 34.7 Å². The van der Waals surface area contributed by atoms with Gasteiger partial charge in [0, 0.05) is 19.1 Å². The van der Waals surface area contributed by atoms with E-state index < -0.39 is 0 Å². The molecule has 0 amide bonds. The van der Waals surface area contributed by atoms with Gasteiger partial charge in [-0.05, 0) is 76.2 Å². The van der Waals surface area contributed by atoms with Crippen LogP contribution in [0, 0.1) is 5.92 Å². The second-order valence-electron chi connectivity index (χ2n) is 7.73. The van der Waals surface area contributed by atoms with E-state index in [0.29, 0.717) is 6.04 Å². The molecule has 4 rings (SSSR count). The van der Waals surface area contributed by atoms with Gasteiger partial charge in [-0.2, -0.15) is 0 Å². The average Bonchev–Trinajstić information content (AvgIpc) is 2.81. The molecule has 0 bridgehead atoms. The SMILES string of the molecule is O=c1[nH]c2ccccc2n1C1CCN(CCC2CCCNCC2)CC1. The smallest absolute Gasteiger partial charge is 0.317 e. The number of para-hydroxylation sites is 2. The van der Waals surface area contributed by atoms with Crippen molar-refractivity contribution in [2.45, 2.75) is 44.6 Å². The molecule has 2 N–H and O–H groups in total. The summed E-state index contributed by atoms with van der Waals surface area (Å²) in [5.41, 5.74) is 2.06. The molecular formula is C20H30N4O. The highest BCUT2D eigenvalue weighted by Crippen LogP contribution is 2.26. The van der Waals surface area contributed by atoms with Crippen molar-refractivity contribution < 1.29 is 0 Å². The maximum atomic E-state index is 12.4. The van der Waals surface area contributed by atoms with Crippen molar-refractivity contribution >= 4 is 11.0 Å². The fourth-order valence-corrected chi connectivity index (χ4v) is 4.58. The number of rotatable bonds is 4. The number of aromatic amines is 1. The van der Waals surface area contributed by atoms with Gasteiger partial charge < -0.3 is 15.2 Å². The second-order valence-corrected chi connectivity index (χ2v) is 7.73. The minimum absolute atomic E-state index is 0.0469. The van der Waals surface area contributed by atoms with Gasteiger partial charge in [0.2, 0.25) is 0 Å². The lowest BCUT2D eigenvalue weighted by Gasteiger charge is -2.33. The zero-order valence-corrected chi connectivity index (χ0v) is 15.0. The van der Waals surface area contributed by atoms with Crippen LogP contribution in [0.5, 0.6) is 0 Å². The predicted octanol–water partition coefficient (Wildman–Crippen LogP) is 2.75. The number of H-pyrrole nitrogens is 1. The van der Waals surface area contributed by atoms with Gasteiger partial charge in [-0.1, -0.05) is 12.1 Å². The van der Waals surface area contributed by atoms with Crippen molar-refractivity contribution in [1.82, 2.24) is 19.8 Å². The first-order valence-corrected chi connectivity index (χ1v) is 9.93. The summed E-state index contributed by atoms with van der Waals surface area (Å²) in [5.74, 6) is 0.893. The van der Waals surface area contributed by atoms with Crippen LogP contribution < -0.4 is 11.0 Å². The Balaban J connectivity index is 1.33. The zero-order valence-electron chi connectivity index (χ0n) is 15.0. The van der Waals surface area contributed by atoms with Crippen LogP contribution in [-0.4, -0.2) is 47.2 Å². The highest BCUT2D eigenvalue weighted by Gasteiger charge is 2.24. The van der Waals surface area contributed by atoms with Crippen molar-refractivity contribution in [2.24, 2.45) is 5.92 Å². The summed E-state index contributed by atoms with van der Waals surface area (Å²) < 4.78 is 1.99. The van der Waals surface area contributed by atoms with E-state index in [9.17, 15) is 4.79 Å². The molecular weight excluding hydrogens is 312 g/mol. The molecule has 0 aliphatic carbocycles. The van der Waals surface area contributed by atoms with Gasteiger partial charge >= 0.3 is 5.69 Å². The van der Waals surface area contributed by atoms with Crippen LogP contribution in [0.2, 0.25) is 0 Å². The molecule has 0 saturated carbocycles. The van der Waals surface area contributed by atoms with Gasteiger partial charge in [0.05, 0.1) is 11.0 Å². The van der Waals surface area contributed by atoms with Crippen molar-refractivity contribution in [1.29, 1.82) is 0 Å². The number of hydrogen-bond donors (Lipinski definition) is 2. The Kier molecular flexibility index (Phi) is 5.22. The lowest BCUT2D eigenvalue weighted by atomic mass is 9.96. The average molecular weight is 342 g/mol. The Morgan fingerprint density at radius 2 is 1.88 bits per heavy atom. The summed E-state index contributed by atoms with van der Waals surface area (Å²) in [5, 5.41) is 3.51. The summed E-state index contributed by atoms with van der Waals surface area (Å²) in [6, 6.07) is 8.38. The largest absolute Gasteiger partial charge is 0.326 e. The van der Waals surface area contributed by atoms with Gasteiger partial charge in [-0.15, -0.1) is 0 Å². The first-order valence-electron chi connectivity index (χ1n) is 9.93. The van der Waals surface area contributed by atoms with E-state index in [1.807, 2.05) is 22.8 Å². The predicted molar refractivity (Wildman–Crippen MR) is 102 cm³/mol. The molecule has 1 atom stereocenters. The van der Waals surface area contributed by atoms with Gasteiger partial charge in [0.15, 0.2) is 0 Å². The highest BCUT2D eigenvalue weighted by molar-refractivity contribution is 5.75. The summed E-state index contributed by atoms with van der Waals surface area (Å²) >= 11 is 0. The molecule has 2 aliphatic heterocycles. The molecule has 0 radical (unpaired) electrons. The number of nitrogens with zero attached hydrogens (tertiary/aromatic N) is 2. The Morgan fingerprint density at radius 1 is 1.04 bits per heavy atom. The molecule has 5 nitrogen and oxygen atoms in total. The fraction of sp³-hybridized carbons (Fsp3) is 0.650. The highest BCUT2D eigenvalue weighted by atomic mass is 16.1. The summed E-state index contributed by atoms with van der Waals surface area (Å²) in [6.45, 7) is 5.83. The van der Waals surface area contributed by atoms with E-state index in [0.717, 1.165) is 42.9 Å². The second kappa shape index (κ2) is 7.75. The standard InChI is InChI=1S/C20H30N4O/c25-20-22-18-5-1-2-6-19(18)24(20)17-9-14-23(15-10-17)13-8-16-4-3-11-21-12-7-16/h1-2,5-6,16-17,21H,3-4,7-15H2,(H,22,25). The van der Waals surface area contributed by atoms with Crippen LogP contribution in [-0.2, 0) is 0 Å². The van der Waals surface area contributed by atoms with E-state index in [4.69, 9.17) is 0 Å². The summed E-state index contributed by atoms with van der Waals surface area (Å²) in [7, 11) is 0. The number of aromatic nitrogens is 2. The monoisotopic (exact) mass is 342 g/mol. The van der Waals surface area contributed by atoms with Gasteiger partial charge in [-0.25, -0.2) is 4.79 Å². The van der Waals surface area contributed by atoms with Crippen molar-refractivity contribution in [3.63, 3.8) is 0 Å². The number of likely N-dealkylation sites (tertiary alicyclic amines) is 1. The van der Waals surface area contributed by atoms with Crippen LogP contribution in [0.3, 0.4) is 0 Å². The number of piperidine rings is 1. The van der Waals surface area contributed by atoms with Gasteiger partial charge in [0.25, 0.3) is 0 Å². The Hall–Kier alpha value is -1.59. The van der Waals surface area contributed by atoms with E-state index >= 15 is 0 Å². The van der Waals surface area contributed by atoms with Crippen LogP contribution >= 0.6 is 0 Å². The molecule has 2 aliphatic rings. The third kappa shape index (κ3) is 3.82. The Morgan fingerprint density at radius 3 is 2.76 bits per heavy atom. The molecule has 1 aromatic carbocycles. The lowest BCUT2D eigenvalue weighted by Crippen LogP contribution is -2.38. The van der Waals surface area contributed by atoms with Crippen molar-refractivity contribution in [3.8, 4) is 0 Å². The number of benzene rings is 1. The molecule has 136 valence electrons. The zero-order chi connectivity index (χ0) is 17.1. The molecule has 0 spiro atoms. The number of fused-ring (bicyclic) bond motifs is 1. The minimum Gasteiger partial charge on any atom is -0.317 e. The van der Waals surface area contributed by atoms with E-state index in [1.54, 1.807) is 0 Å². The Bertz CT molecular complexity index is 733. The third-order valence-corrected chi connectivity index (χ3v) is 6.10. The maximum Gasteiger partial charge on any atom is 0.326 e. The van der Waals surface area contributed by atoms with Gasteiger partial charge in [-0.3, -0.25) is 4.57 Å². The third-order valence-electron chi connectivity index (χ3n) is 6.10. The molecule has 2 fully saturated rings. The molecule has 25 heavy (non-hydrogen) atoms. The van der Waals surface area contributed by atoms with E-state index in [-0.39, 0.29) is 5.69 Å². The Labute approximate surface area is 149 Å². The fourth-order valence-electron chi connectivity index (χ4n) is 4.58. The van der Waals surface area contributed by atoms with Crippen LogP contribution in [0.15, 0.2) is 29.1 Å². The van der Waals surface area contributed by atoms with E-state index in [2.05, 4.69) is 21.3 Å². The number of hydrogen-bond acceptors (Lipinski definition) is 3. The number of imidazole rings is 1. The van der Waals surface area contributed by atoms with Crippen molar-refractivity contribution in [2.75, 3.05) is 32.7 Å². The minimum atomic E-state index is 0.0469. The molecule has 2 saturated heterocycles. The molecule has 1 aromatic heterocycles. The topological polar surface area (TPSA) is 53.1 Å². The quantitative estimate of drug-likeness (QED) is 0.898. The van der Waals surface area contributed by atoms with Crippen LogP contribution in [0.25, 0.3) is 11.0 Å². The molecule has 2 aromatic rings. The normalized spacial score (nSPS) is 23.8. The molecule has 1 unspecified atom stereocenters. The summed E-state index contributed by atoms with van der Waals surface area (Å²) in [4.78, 5) is 18.0. The first-order chi connectivity index (χ1) is 12.3. The van der Waals surface area contributed by atoms with E-state index in [1.165, 1.54) is 45.3 Å². The first kappa shape index (κ1) is 16.9. The van der Waals surface area contributed by atoms with Gasteiger partial charge in [0.1, 0.15) is 0 Å². The van der Waals surface area contributed by atoms with Crippen LogP contribution in [0.4, 0.5) is 0 Å². The molecule has 3 heterocycles. The molecule has 5 heteroatoms. The maximum absolute atomic E-state index is 12.4. The van der Waals surface area contributed by atoms with Crippen LogP contribution in [0.1, 0.15) is 44.6 Å². The summed E-state index contributed by atoms with van der Waals surface area (Å²) in [6.07, 6.45) is 7.53. The number of nitrogens with one attached hydrogen (secondary N) is 2. The lowest BCUT2D eigenvalue weighted by molar-refractivity contribution is 0.174.